The second kappa shape index (κ2) is 4.21. The predicted molar refractivity (Wildman–Crippen MR) is 56.7 cm³/mol. The van der Waals surface area contributed by atoms with Crippen LogP contribution in [0.1, 0.15) is 31.6 Å². The van der Waals surface area contributed by atoms with E-state index < -0.39 is 12.0 Å². The lowest BCUT2D eigenvalue weighted by Crippen LogP contribution is -2.40. The Labute approximate surface area is 93.7 Å². The molecule has 1 aliphatic carbocycles. The monoisotopic (exact) mass is 224 g/mol. The van der Waals surface area contributed by atoms with Crippen molar-refractivity contribution < 1.29 is 9.90 Å². The molecule has 2 atom stereocenters. The van der Waals surface area contributed by atoms with Gasteiger partial charge in [-0.15, -0.1) is 10.2 Å². The van der Waals surface area contributed by atoms with Gasteiger partial charge in [-0.05, 0) is 25.7 Å². The van der Waals surface area contributed by atoms with E-state index in [0.717, 1.165) is 18.7 Å². The Morgan fingerprint density at radius 3 is 2.81 bits per heavy atom. The lowest BCUT2D eigenvalue weighted by Gasteiger charge is -2.18. The number of aromatic nitrogens is 3. The van der Waals surface area contributed by atoms with Crippen LogP contribution in [-0.4, -0.2) is 31.9 Å². The van der Waals surface area contributed by atoms with Gasteiger partial charge in [-0.2, -0.15) is 0 Å². The van der Waals surface area contributed by atoms with Crippen molar-refractivity contribution in [2.24, 2.45) is 13.0 Å². The first-order valence-electron chi connectivity index (χ1n) is 5.42. The smallest absolute Gasteiger partial charge is 0.321 e. The summed E-state index contributed by atoms with van der Waals surface area (Å²) in [5.41, 5.74) is 0. The molecule has 0 saturated heterocycles. The van der Waals surface area contributed by atoms with Crippen LogP contribution in [0.15, 0.2) is 6.33 Å². The van der Waals surface area contributed by atoms with Crippen molar-refractivity contribution in [2.45, 2.75) is 31.8 Å². The molecule has 6 nitrogen and oxygen atoms in total. The first kappa shape index (κ1) is 11.1. The van der Waals surface area contributed by atoms with E-state index in [-0.39, 0.29) is 12.0 Å². The lowest BCUT2D eigenvalue weighted by atomic mass is 10.1. The third-order valence-corrected chi connectivity index (χ3v) is 2.92. The molecule has 2 N–H and O–H groups in total. The van der Waals surface area contributed by atoms with E-state index in [1.807, 2.05) is 14.0 Å². The summed E-state index contributed by atoms with van der Waals surface area (Å²) in [7, 11) is 1.85. The molecule has 1 aromatic heterocycles. The van der Waals surface area contributed by atoms with Crippen LogP contribution < -0.4 is 5.32 Å². The van der Waals surface area contributed by atoms with Gasteiger partial charge >= 0.3 is 5.97 Å². The first-order chi connectivity index (χ1) is 7.59. The largest absolute Gasteiger partial charge is 0.480 e. The summed E-state index contributed by atoms with van der Waals surface area (Å²) in [6, 6.07) is -0.569. The molecule has 1 heterocycles. The van der Waals surface area contributed by atoms with E-state index >= 15 is 0 Å². The summed E-state index contributed by atoms with van der Waals surface area (Å²) in [5.74, 6) is 0.247. The highest BCUT2D eigenvalue weighted by Crippen LogP contribution is 2.33. The van der Waals surface area contributed by atoms with Gasteiger partial charge in [0.25, 0.3) is 0 Å². The van der Waals surface area contributed by atoms with Crippen LogP contribution in [0, 0.1) is 5.92 Å². The summed E-state index contributed by atoms with van der Waals surface area (Å²) < 4.78 is 1.80. The van der Waals surface area contributed by atoms with Crippen LogP contribution in [0.5, 0.6) is 0 Å². The second-order valence-corrected chi connectivity index (χ2v) is 4.34. The Bertz CT molecular complexity index is 386. The summed E-state index contributed by atoms with van der Waals surface area (Å²) in [4.78, 5) is 11.1. The Balaban J connectivity index is 2.03. The summed E-state index contributed by atoms with van der Waals surface area (Å²) in [6.07, 6.45) is 3.60. The van der Waals surface area contributed by atoms with E-state index in [1.54, 1.807) is 10.9 Å². The fourth-order valence-electron chi connectivity index (χ4n) is 1.87. The van der Waals surface area contributed by atoms with Crippen molar-refractivity contribution in [3.05, 3.63) is 12.2 Å². The zero-order valence-electron chi connectivity index (χ0n) is 9.42. The number of hydrogen-bond donors (Lipinski definition) is 2. The van der Waals surface area contributed by atoms with E-state index in [2.05, 4.69) is 15.5 Å². The molecule has 1 aliphatic rings. The van der Waals surface area contributed by atoms with E-state index in [1.165, 1.54) is 0 Å². The fourth-order valence-corrected chi connectivity index (χ4v) is 1.87. The Kier molecular flexibility index (Phi) is 2.91. The number of carbonyl (C=O) groups is 1. The number of rotatable bonds is 5. The minimum atomic E-state index is -0.781. The van der Waals surface area contributed by atoms with Gasteiger partial charge in [0.15, 0.2) is 0 Å². The van der Waals surface area contributed by atoms with Gasteiger partial charge in [0.05, 0.1) is 6.04 Å². The molecule has 1 fully saturated rings. The zero-order chi connectivity index (χ0) is 11.7. The van der Waals surface area contributed by atoms with Gasteiger partial charge in [0.1, 0.15) is 18.2 Å². The van der Waals surface area contributed by atoms with Gasteiger partial charge in [-0.3, -0.25) is 10.1 Å². The molecule has 1 aromatic rings. The van der Waals surface area contributed by atoms with Crippen molar-refractivity contribution >= 4 is 5.97 Å². The zero-order valence-corrected chi connectivity index (χ0v) is 9.42. The maximum atomic E-state index is 11.1. The van der Waals surface area contributed by atoms with Crippen LogP contribution in [0.25, 0.3) is 0 Å². The SMILES string of the molecule is CC(NC(C(=O)O)C1CC1)c1nncn1C. The number of nitrogens with zero attached hydrogens (tertiary/aromatic N) is 3. The number of carboxylic acid groups (broad SMARTS) is 1. The Morgan fingerprint density at radius 1 is 1.69 bits per heavy atom. The van der Waals surface area contributed by atoms with E-state index in [0.29, 0.717) is 0 Å². The fraction of sp³-hybridized carbons (Fsp3) is 0.700. The minimum absolute atomic E-state index is 0.103. The van der Waals surface area contributed by atoms with Crippen molar-refractivity contribution in [3.8, 4) is 0 Å². The topological polar surface area (TPSA) is 80.0 Å². The highest BCUT2D eigenvalue weighted by atomic mass is 16.4. The van der Waals surface area contributed by atoms with Crippen LogP contribution in [-0.2, 0) is 11.8 Å². The predicted octanol–water partition coefficient (Wildman–Crippen LogP) is 0.329. The summed E-state index contributed by atoms with van der Waals surface area (Å²) >= 11 is 0. The molecule has 0 spiro atoms. The van der Waals surface area contributed by atoms with Crippen molar-refractivity contribution in [2.75, 3.05) is 0 Å². The lowest BCUT2D eigenvalue weighted by molar-refractivity contribution is -0.140. The van der Waals surface area contributed by atoms with Gasteiger partial charge in [0.2, 0.25) is 0 Å². The molecular weight excluding hydrogens is 208 g/mol. The maximum absolute atomic E-state index is 11.1. The van der Waals surface area contributed by atoms with Gasteiger partial charge in [-0.25, -0.2) is 0 Å². The average molecular weight is 224 g/mol. The van der Waals surface area contributed by atoms with Crippen molar-refractivity contribution in [1.29, 1.82) is 0 Å². The Morgan fingerprint density at radius 2 is 2.38 bits per heavy atom. The molecule has 0 bridgehead atoms. The summed E-state index contributed by atoms with van der Waals surface area (Å²) in [6.45, 7) is 1.91. The molecule has 0 aliphatic heterocycles. The van der Waals surface area contributed by atoms with Crippen LogP contribution in [0.2, 0.25) is 0 Å². The molecule has 16 heavy (non-hydrogen) atoms. The number of nitrogens with one attached hydrogen (secondary N) is 1. The molecule has 2 rings (SSSR count). The third kappa shape index (κ3) is 2.21. The summed E-state index contributed by atoms with van der Waals surface area (Å²) in [5, 5.41) is 19.9. The van der Waals surface area contributed by atoms with Gasteiger partial charge in [-0.1, -0.05) is 0 Å². The van der Waals surface area contributed by atoms with Gasteiger partial charge in [0, 0.05) is 7.05 Å². The molecule has 2 unspecified atom stereocenters. The maximum Gasteiger partial charge on any atom is 0.321 e. The van der Waals surface area contributed by atoms with Crippen LogP contribution in [0.4, 0.5) is 0 Å². The molecule has 0 amide bonds. The number of aliphatic carboxylic acids is 1. The average Bonchev–Trinajstić information content (AvgIpc) is 2.96. The van der Waals surface area contributed by atoms with Crippen molar-refractivity contribution in [1.82, 2.24) is 20.1 Å². The standard InChI is InChI=1S/C10H16N4O2/c1-6(9-13-11-5-14(9)2)12-8(10(15)16)7-3-4-7/h5-8,12H,3-4H2,1-2H3,(H,15,16). The third-order valence-electron chi connectivity index (χ3n) is 2.92. The number of aryl methyl sites for hydroxylation is 1. The molecule has 0 radical (unpaired) electrons. The molecule has 1 saturated carbocycles. The molecule has 0 aromatic carbocycles. The quantitative estimate of drug-likeness (QED) is 0.753. The van der Waals surface area contributed by atoms with Crippen LogP contribution in [0.3, 0.4) is 0 Å². The highest BCUT2D eigenvalue weighted by molar-refractivity contribution is 5.74. The van der Waals surface area contributed by atoms with E-state index in [4.69, 9.17) is 5.11 Å². The number of hydrogen-bond acceptors (Lipinski definition) is 4. The molecule has 6 heteroatoms. The van der Waals surface area contributed by atoms with Gasteiger partial charge < -0.3 is 9.67 Å². The van der Waals surface area contributed by atoms with Crippen molar-refractivity contribution in [3.63, 3.8) is 0 Å². The van der Waals surface area contributed by atoms with E-state index in [9.17, 15) is 4.79 Å². The van der Waals surface area contributed by atoms with Crippen LogP contribution >= 0.6 is 0 Å². The first-order valence-corrected chi connectivity index (χ1v) is 5.42. The molecule has 88 valence electrons. The molecular formula is C10H16N4O2. The number of carboxylic acids is 1. The minimum Gasteiger partial charge on any atom is -0.480 e. The normalized spacial score (nSPS) is 19.4. The second-order valence-electron chi connectivity index (χ2n) is 4.34. The Hall–Kier alpha value is -1.43. The highest BCUT2D eigenvalue weighted by Gasteiger charge is 2.37.